The highest BCUT2D eigenvalue weighted by molar-refractivity contribution is 8.00. The van der Waals surface area contributed by atoms with Crippen LogP contribution < -0.4 is 5.32 Å². The predicted octanol–water partition coefficient (Wildman–Crippen LogP) is 2.51. The average Bonchev–Trinajstić information content (AvgIpc) is 3.03. The first-order valence-electron chi connectivity index (χ1n) is 6.36. The number of benzene rings is 1. The van der Waals surface area contributed by atoms with Gasteiger partial charge < -0.3 is 9.73 Å². The van der Waals surface area contributed by atoms with Crippen molar-refractivity contribution in [3.63, 3.8) is 0 Å². The number of hydrogen-bond donors (Lipinski definition) is 1. The number of nitrogens with one attached hydrogen (secondary N) is 1. The van der Waals surface area contributed by atoms with Gasteiger partial charge in [-0.1, -0.05) is 23.4 Å². The van der Waals surface area contributed by atoms with E-state index in [1.807, 2.05) is 0 Å². The van der Waals surface area contributed by atoms with Gasteiger partial charge in [0.05, 0.1) is 5.25 Å². The van der Waals surface area contributed by atoms with E-state index in [0.717, 1.165) is 0 Å². The maximum absolute atomic E-state index is 12.2. The highest BCUT2D eigenvalue weighted by Crippen LogP contribution is 2.29. The Bertz CT molecular complexity index is 718. The molecular formula is C13H12ClN3O3S. The molecule has 110 valence electrons. The normalized spacial score (nSPS) is 16.3. The Morgan fingerprint density at radius 2 is 2.38 bits per heavy atom. The van der Waals surface area contributed by atoms with Crippen molar-refractivity contribution in [2.45, 2.75) is 17.4 Å². The van der Waals surface area contributed by atoms with E-state index < -0.39 is 5.25 Å². The quantitative estimate of drug-likeness (QED) is 0.878. The Labute approximate surface area is 129 Å². The fourth-order valence-corrected chi connectivity index (χ4v) is 3.01. The third-order valence-electron chi connectivity index (χ3n) is 3.08. The summed E-state index contributed by atoms with van der Waals surface area (Å²) in [6.07, 6.45) is 0. The Kier molecular flexibility index (Phi) is 3.77. The first-order valence-corrected chi connectivity index (χ1v) is 7.62. The predicted molar refractivity (Wildman–Crippen MR) is 79.4 cm³/mol. The van der Waals surface area contributed by atoms with Gasteiger partial charge in [0.25, 0.3) is 5.22 Å². The maximum atomic E-state index is 12.2. The zero-order valence-corrected chi connectivity index (χ0v) is 12.7. The fraction of sp³-hybridized carbons (Fsp3) is 0.308. The second-order valence-corrected chi connectivity index (χ2v) is 6.30. The summed E-state index contributed by atoms with van der Waals surface area (Å²) < 4.78 is 5.56. The van der Waals surface area contributed by atoms with Crippen molar-refractivity contribution in [2.75, 3.05) is 13.1 Å². The van der Waals surface area contributed by atoms with Crippen LogP contribution in [0, 0.1) is 0 Å². The van der Waals surface area contributed by atoms with Crippen molar-refractivity contribution in [3.05, 3.63) is 23.2 Å². The van der Waals surface area contributed by atoms with Crippen LogP contribution in [-0.2, 0) is 4.79 Å². The van der Waals surface area contributed by atoms with Crippen LogP contribution in [0.1, 0.15) is 6.92 Å². The van der Waals surface area contributed by atoms with E-state index in [1.54, 1.807) is 25.1 Å². The number of nitrogens with zero attached hydrogens (tertiary/aromatic N) is 2. The smallest absolute Gasteiger partial charge is 0.324 e. The van der Waals surface area contributed by atoms with Gasteiger partial charge in [-0.2, -0.15) is 0 Å². The molecule has 6 nitrogen and oxygen atoms in total. The Balaban J connectivity index is 1.75. The molecular weight excluding hydrogens is 314 g/mol. The van der Waals surface area contributed by atoms with E-state index in [2.05, 4.69) is 10.3 Å². The highest BCUT2D eigenvalue weighted by Gasteiger charge is 2.31. The Morgan fingerprint density at radius 1 is 1.57 bits per heavy atom. The first-order chi connectivity index (χ1) is 10.0. The molecule has 1 aromatic carbocycles. The van der Waals surface area contributed by atoms with Crippen LogP contribution >= 0.6 is 23.4 Å². The minimum atomic E-state index is -0.461. The number of thioether (sulfide) groups is 1. The van der Waals surface area contributed by atoms with Gasteiger partial charge in [0.15, 0.2) is 5.58 Å². The molecule has 0 radical (unpaired) electrons. The largest absolute Gasteiger partial charge is 0.431 e. The molecule has 0 saturated carbocycles. The van der Waals surface area contributed by atoms with E-state index in [0.29, 0.717) is 34.4 Å². The molecule has 1 saturated heterocycles. The van der Waals surface area contributed by atoms with Crippen LogP contribution in [0.3, 0.4) is 0 Å². The lowest BCUT2D eigenvalue weighted by Gasteiger charge is -2.15. The van der Waals surface area contributed by atoms with Gasteiger partial charge in [-0.3, -0.25) is 9.69 Å². The van der Waals surface area contributed by atoms with Gasteiger partial charge in [0, 0.05) is 24.2 Å². The number of halogens is 1. The number of rotatable bonds is 3. The summed E-state index contributed by atoms with van der Waals surface area (Å²) in [6.45, 7) is 2.61. The number of imide groups is 1. The van der Waals surface area contributed by atoms with Crippen LogP contribution in [0.5, 0.6) is 0 Å². The molecule has 21 heavy (non-hydrogen) atoms. The molecule has 1 aromatic heterocycles. The second-order valence-electron chi connectivity index (χ2n) is 4.57. The van der Waals surface area contributed by atoms with Crippen LogP contribution in [0.4, 0.5) is 4.79 Å². The molecule has 3 rings (SSSR count). The number of carbonyl (C=O) groups is 2. The number of carbonyl (C=O) groups excluding carboxylic acids is 2. The highest BCUT2D eigenvalue weighted by atomic mass is 35.5. The Morgan fingerprint density at radius 3 is 3.10 bits per heavy atom. The second kappa shape index (κ2) is 5.57. The maximum Gasteiger partial charge on any atom is 0.324 e. The van der Waals surface area contributed by atoms with Gasteiger partial charge in [-0.25, -0.2) is 9.78 Å². The third kappa shape index (κ3) is 2.84. The van der Waals surface area contributed by atoms with Crippen LogP contribution in [0.2, 0.25) is 5.02 Å². The lowest BCUT2D eigenvalue weighted by molar-refractivity contribution is -0.126. The van der Waals surface area contributed by atoms with Crippen molar-refractivity contribution in [1.82, 2.24) is 15.2 Å². The molecule has 0 bridgehead atoms. The van der Waals surface area contributed by atoms with Crippen LogP contribution in [0.25, 0.3) is 11.1 Å². The zero-order valence-electron chi connectivity index (χ0n) is 11.1. The van der Waals surface area contributed by atoms with Crippen LogP contribution in [-0.4, -0.2) is 40.2 Å². The molecule has 8 heteroatoms. The lowest BCUT2D eigenvalue weighted by atomic mass is 10.3. The van der Waals surface area contributed by atoms with Gasteiger partial charge >= 0.3 is 6.03 Å². The number of amides is 3. The first kappa shape index (κ1) is 14.2. The van der Waals surface area contributed by atoms with E-state index in [-0.39, 0.29) is 11.9 Å². The summed E-state index contributed by atoms with van der Waals surface area (Å²) in [6, 6.07) is 4.81. The van der Waals surface area contributed by atoms with E-state index in [9.17, 15) is 9.59 Å². The monoisotopic (exact) mass is 325 g/mol. The fourth-order valence-electron chi connectivity index (χ4n) is 2.03. The molecule has 3 amide bonds. The molecule has 1 aliphatic heterocycles. The molecule has 1 aliphatic rings. The standard InChI is InChI=1S/C13H12ClN3O3S/c1-7(11(18)17-5-4-15-12(17)19)21-13-16-9-3-2-8(14)6-10(9)20-13/h2-3,6-7H,4-5H2,1H3,(H,15,19)/t7-/m1/s1. The van der Waals surface area contributed by atoms with Gasteiger partial charge in [0.1, 0.15) is 5.52 Å². The zero-order chi connectivity index (χ0) is 15.0. The SMILES string of the molecule is C[C@@H](Sc1nc2ccc(Cl)cc2o1)C(=O)N1CCNC1=O. The summed E-state index contributed by atoms with van der Waals surface area (Å²) in [4.78, 5) is 29.2. The molecule has 1 N–H and O–H groups in total. The summed E-state index contributed by atoms with van der Waals surface area (Å²) >= 11 is 7.07. The summed E-state index contributed by atoms with van der Waals surface area (Å²) in [5.74, 6) is -0.254. The number of fused-ring (bicyclic) bond motifs is 1. The summed E-state index contributed by atoms with van der Waals surface area (Å²) in [5, 5.41) is 3.08. The summed E-state index contributed by atoms with van der Waals surface area (Å²) in [5.41, 5.74) is 1.25. The minimum absolute atomic E-state index is 0.254. The Hall–Kier alpha value is -1.73. The number of urea groups is 1. The molecule has 0 unspecified atom stereocenters. The van der Waals surface area contributed by atoms with Crippen molar-refractivity contribution >= 4 is 46.4 Å². The van der Waals surface area contributed by atoms with Crippen molar-refractivity contribution in [2.24, 2.45) is 0 Å². The molecule has 2 aromatic rings. The van der Waals surface area contributed by atoms with E-state index >= 15 is 0 Å². The van der Waals surface area contributed by atoms with Gasteiger partial charge in [0.2, 0.25) is 5.91 Å². The number of aromatic nitrogens is 1. The van der Waals surface area contributed by atoms with E-state index in [1.165, 1.54) is 16.7 Å². The van der Waals surface area contributed by atoms with Crippen molar-refractivity contribution in [1.29, 1.82) is 0 Å². The molecule has 0 spiro atoms. The molecule has 2 heterocycles. The molecule has 1 atom stereocenters. The molecule has 0 aliphatic carbocycles. The van der Waals surface area contributed by atoms with Gasteiger partial charge in [-0.05, 0) is 19.1 Å². The number of hydrogen-bond acceptors (Lipinski definition) is 5. The average molecular weight is 326 g/mol. The lowest BCUT2D eigenvalue weighted by Crippen LogP contribution is -2.38. The third-order valence-corrected chi connectivity index (χ3v) is 4.25. The molecule has 1 fully saturated rings. The van der Waals surface area contributed by atoms with Crippen molar-refractivity contribution in [3.8, 4) is 0 Å². The summed E-state index contributed by atoms with van der Waals surface area (Å²) in [7, 11) is 0. The minimum Gasteiger partial charge on any atom is -0.431 e. The van der Waals surface area contributed by atoms with Crippen LogP contribution in [0.15, 0.2) is 27.8 Å². The van der Waals surface area contributed by atoms with E-state index in [4.69, 9.17) is 16.0 Å². The van der Waals surface area contributed by atoms with Gasteiger partial charge in [-0.15, -0.1) is 0 Å². The topological polar surface area (TPSA) is 75.4 Å². The van der Waals surface area contributed by atoms with Crippen molar-refractivity contribution < 1.29 is 14.0 Å². The number of oxazole rings is 1.